The zero-order chi connectivity index (χ0) is 15.4. The topological polar surface area (TPSA) is 15.3 Å². The average Bonchev–Trinajstić information content (AvgIpc) is 2.46. The van der Waals surface area contributed by atoms with Gasteiger partial charge in [-0.1, -0.05) is 19.1 Å². The third kappa shape index (κ3) is 3.61. The van der Waals surface area contributed by atoms with Crippen molar-refractivity contribution in [3.63, 3.8) is 0 Å². The maximum Gasteiger partial charge on any atom is 0.123 e. The number of benzene rings is 2. The molecule has 0 aromatic heterocycles. The first-order valence-corrected chi connectivity index (χ1v) is 7.36. The van der Waals surface area contributed by atoms with Gasteiger partial charge in [-0.15, -0.1) is 0 Å². The standard InChI is InChI=1S/C18H23FN2/c1-5-20-14(3)17-12-15(19)9-10-18(17)21(4)16-8-6-7-13(2)11-16/h6-12,14,20H,5H2,1-4H3. The van der Waals surface area contributed by atoms with E-state index >= 15 is 0 Å². The van der Waals surface area contributed by atoms with E-state index in [2.05, 4.69) is 49.2 Å². The molecule has 0 aliphatic carbocycles. The Morgan fingerprint density at radius 1 is 1.19 bits per heavy atom. The quantitative estimate of drug-likeness (QED) is 0.866. The largest absolute Gasteiger partial charge is 0.344 e. The smallest absolute Gasteiger partial charge is 0.123 e. The van der Waals surface area contributed by atoms with Crippen LogP contribution >= 0.6 is 0 Å². The van der Waals surface area contributed by atoms with E-state index in [0.717, 1.165) is 23.5 Å². The molecule has 2 rings (SSSR count). The van der Waals surface area contributed by atoms with Gasteiger partial charge in [0.05, 0.1) is 0 Å². The molecule has 2 nitrogen and oxygen atoms in total. The summed E-state index contributed by atoms with van der Waals surface area (Å²) < 4.78 is 13.6. The van der Waals surface area contributed by atoms with Crippen LogP contribution in [0.25, 0.3) is 0 Å². The van der Waals surface area contributed by atoms with Crippen LogP contribution in [0.1, 0.15) is 31.0 Å². The molecule has 0 heterocycles. The van der Waals surface area contributed by atoms with Gasteiger partial charge in [-0.05, 0) is 61.9 Å². The molecule has 0 spiro atoms. The fraction of sp³-hybridized carbons (Fsp3) is 0.333. The number of hydrogen-bond acceptors (Lipinski definition) is 2. The summed E-state index contributed by atoms with van der Waals surface area (Å²) in [5.74, 6) is -0.198. The minimum Gasteiger partial charge on any atom is -0.344 e. The molecule has 1 N–H and O–H groups in total. The summed E-state index contributed by atoms with van der Waals surface area (Å²) in [6.07, 6.45) is 0. The fourth-order valence-electron chi connectivity index (χ4n) is 2.57. The maximum absolute atomic E-state index is 13.6. The lowest BCUT2D eigenvalue weighted by Gasteiger charge is -2.26. The highest BCUT2D eigenvalue weighted by Crippen LogP contribution is 2.31. The molecular weight excluding hydrogens is 263 g/mol. The highest BCUT2D eigenvalue weighted by molar-refractivity contribution is 5.66. The molecule has 1 atom stereocenters. The van der Waals surface area contributed by atoms with Crippen LogP contribution in [-0.2, 0) is 0 Å². The van der Waals surface area contributed by atoms with Crippen molar-refractivity contribution in [2.45, 2.75) is 26.8 Å². The zero-order valence-electron chi connectivity index (χ0n) is 13.2. The summed E-state index contributed by atoms with van der Waals surface area (Å²) in [7, 11) is 2.02. The first-order valence-electron chi connectivity index (χ1n) is 7.36. The van der Waals surface area contributed by atoms with E-state index < -0.39 is 0 Å². The Bertz CT molecular complexity index is 610. The van der Waals surface area contributed by atoms with Crippen molar-refractivity contribution in [3.8, 4) is 0 Å². The van der Waals surface area contributed by atoms with Gasteiger partial charge in [0, 0.05) is 24.5 Å². The third-order valence-electron chi connectivity index (χ3n) is 3.72. The third-order valence-corrected chi connectivity index (χ3v) is 3.72. The van der Waals surface area contributed by atoms with Crippen LogP contribution in [-0.4, -0.2) is 13.6 Å². The predicted molar refractivity (Wildman–Crippen MR) is 87.7 cm³/mol. The molecule has 0 amide bonds. The predicted octanol–water partition coefficient (Wildman–Crippen LogP) is 4.57. The normalized spacial score (nSPS) is 12.2. The number of halogens is 1. The van der Waals surface area contributed by atoms with Crippen LogP contribution in [0.5, 0.6) is 0 Å². The van der Waals surface area contributed by atoms with Gasteiger partial charge >= 0.3 is 0 Å². The molecule has 0 bridgehead atoms. The number of aryl methyl sites for hydroxylation is 1. The summed E-state index contributed by atoms with van der Waals surface area (Å²) in [5, 5.41) is 3.35. The van der Waals surface area contributed by atoms with Crippen LogP contribution in [0.15, 0.2) is 42.5 Å². The van der Waals surface area contributed by atoms with E-state index in [-0.39, 0.29) is 11.9 Å². The summed E-state index contributed by atoms with van der Waals surface area (Å²) >= 11 is 0. The Balaban J connectivity index is 2.42. The Kier molecular flexibility index (Phi) is 4.97. The lowest BCUT2D eigenvalue weighted by atomic mass is 10.0. The first kappa shape index (κ1) is 15.5. The highest BCUT2D eigenvalue weighted by atomic mass is 19.1. The zero-order valence-corrected chi connectivity index (χ0v) is 13.2. The molecule has 1 unspecified atom stereocenters. The first-order chi connectivity index (χ1) is 10.0. The summed E-state index contributed by atoms with van der Waals surface area (Å²) in [6.45, 7) is 7.04. The van der Waals surface area contributed by atoms with Crippen molar-refractivity contribution >= 4 is 11.4 Å². The Morgan fingerprint density at radius 3 is 2.62 bits per heavy atom. The maximum atomic E-state index is 13.6. The van der Waals surface area contributed by atoms with E-state index in [1.807, 2.05) is 19.2 Å². The molecule has 2 aromatic carbocycles. The molecule has 21 heavy (non-hydrogen) atoms. The number of nitrogens with zero attached hydrogens (tertiary/aromatic N) is 1. The highest BCUT2D eigenvalue weighted by Gasteiger charge is 2.15. The Labute approximate surface area is 126 Å². The van der Waals surface area contributed by atoms with E-state index in [1.165, 1.54) is 11.6 Å². The van der Waals surface area contributed by atoms with E-state index in [4.69, 9.17) is 0 Å². The Morgan fingerprint density at radius 2 is 1.95 bits per heavy atom. The summed E-state index contributed by atoms with van der Waals surface area (Å²) in [6, 6.07) is 13.4. The van der Waals surface area contributed by atoms with Crippen molar-refractivity contribution in [1.29, 1.82) is 0 Å². The van der Waals surface area contributed by atoms with Gasteiger partial charge in [0.2, 0.25) is 0 Å². The molecule has 3 heteroatoms. The molecule has 0 saturated heterocycles. The van der Waals surface area contributed by atoms with E-state index in [9.17, 15) is 4.39 Å². The van der Waals surface area contributed by atoms with Crippen molar-refractivity contribution in [2.24, 2.45) is 0 Å². The number of hydrogen-bond donors (Lipinski definition) is 1. The number of anilines is 2. The molecule has 0 fully saturated rings. The van der Waals surface area contributed by atoms with E-state index in [1.54, 1.807) is 6.07 Å². The fourth-order valence-corrected chi connectivity index (χ4v) is 2.57. The van der Waals surface area contributed by atoms with E-state index in [0.29, 0.717) is 0 Å². The second-order valence-electron chi connectivity index (χ2n) is 5.38. The molecular formula is C18H23FN2. The van der Waals surface area contributed by atoms with Crippen LogP contribution < -0.4 is 10.2 Å². The minimum atomic E-state index is -0.198. The molecule has 0 saturated carbocycles. The minimum absolute atomic E-state index is 0.105. The van der Waals surface area contributed by atoms with Gasteiger partial charge in [-0.3, -0.25) is 0 Å². The second kappa shape index (κ2) is 6.72. The van der Waals surface area contributed by atoms with Gasteiger partial charge in [0.1, 0.15) is 5.82 Å². The van der Waals surface area contributed by atoms with Gasteiger partial charge in [0.15, 0.2) is 0 Å². The number of nitrogens with one attached hydrogen (secondary N) is 1. The van der Waals surface area contributed by atoms with Gasteiger partial charge in [0.25, 0.3) is 0 Å². The lowest BCUT2D eigenvalue weighted by molar-refractivity contribution is 0.583. The monoisotopic (exact) mass is 286 g/mol. The molecule has 0 aliphatic heterocycles. The Hall–Kier alpha value is -1.87. The molecule has 0 radical (unpaired) electrons. The summed E-state index contributed by atoms with van der Waals surface area (Å²) in [4.78, 5) is 2.11. The lowest BCUT2D eigenvalue weighted by Crippen LogP contribution is -2.21. The van der Waals surface area contributed by atoms with Crippen LogP contribution in [0, 0.1) is 12.7 Å². The van der Waals surface area contributed by atoms with Crippen LogP contribution in [0.2, 0.25) is 0 Å². The van der Waals surface area contributed by atoms with Gasteiger partial charge in [-0.2, -0.15) is 0 Å². The van der Waals surface area contributed by atoms with Crippen molar-refractivity contribution < 1.29 is 4.39 Å². The van der Waals surface area contributed by atoms with Gasteiger partial charge < -0.3 is 10.2 Å². The van der Waals surface area contributed by atoms with Crippen molar-refractivity contribution in [2.75, 3.05) is 18.5 Å². The van der Waals surface area contributed by atoms with Crippen LogP contribution in [0.4, 0.5) is 15.8 Å². The second-order valence-corrected chi connectivity index (χ2v) is 5.38. The average molecular weight is 286 g/mol. The van der Waals surface area contributed by atoms with Crippen molar-refractivity contribution in [1.82, 2.24) is 5.32 Å². The SMILES string of the molecule is CCNC(C)c1cc(F)ccc1N(C)c1cccc(C)c1. The summed E-state index contributed by atoms with van der Waals surface area (Å²) in [5.41, 5.74) is 4.31. The van der Waals surface area contributed by atoms with Gasteiger partial charge in [-0.25, -0.2) is 4.39 Å². The molecule has 112 valence electrons. The molecule has 0 aliphatic rings. The van der Waals surface area contributed by atoms with Crippen LogP contribution in [0.3, 0.4) is 0 Å². The van der Waals surface area contributed by atoms with Crippen molar-refractivity contribution in [3.05, 3.63) is 59.4 Å². The molecule has 2 aromatic rings. The number of rotatable bonds is 5.